The molecule has 0 unspecified atom stereocenters. The highest BCUT2D eigenvalue weighted by Crippen LogP contribution is 2.26. The molecule has 3 nitrogen and oxygen atoms in total. The molecule has 0 fully saturated rings. The van der Waals surface area contributed by atoms with E-state index in [2.05, 4.69) is 4.37 Å². The summed E-state index contributed by atoms with van der Waals surface area (Å²) in [6, 6.07) is 0. The highest BCUT2D eigenvalue weighted by molar-refractivity contribution is 7.10. The minimum absolute atomic E-state index is 0.0185. The van der Waals surface area contributed by atoms with E-state index < -0.39 is 0 Å². The zero-order valence-electron chi connectivity index (χ0n) is 5.18. The predicted octanol–water partition coefficient (Wildman–Crippen LogP) is 1.72. The molecule has 54 valence electrons. The Bertz CT molecular complexity index is 271. The molecule has 1 heterocycles. The molecule has 0 aromatic carbocycles. The molecule has 0 atom stereocenters. The van der Waals surface area contributed by atoms with Crippen LogP contribution in [0.5, 0.6) is 5.75 Å². The van der Waals surface area contributed by atoms with Crippen molar-refractivity contribution in [3.8, 4) is 5.75 Å². The van der Waals surface area contributed by atoms with Gasteiger partial charge in [0, 0.05) is 0 Å². The van der Waals surface area contributed by atoms with Crippen LogP contribution in [0.1, 0.15) is 10.6 Å². The maximum Gasteiger partial charge on any atom is 0.159 e. The third kappa shape index (κ3) is 1.12. The van der Waals surface area contributed by atoms with Crippen molar-refractivity contribution in [1.82, 2.24) is 4.37 Å². The van der Waals surface area contributed by atoms with Gasteiger partial charge in [-0.3, -0.25) is 5.41 Å². The Morgan fingerprint density at radius 2 is 2.40 bits per heavy atom. The quantitative estimate of drug-likeness (QED) is 0.641. The summed E-state index contributed by atoms with van der Waals surface area (Å²) in [5, 5.41) is 15.9. The average Bonchev–Trinajstić information content (AvgIpc) is 2.14. The maximum atomic E-state index is 9.13. The molecule has 0 aliphatic carbocycles. The van der Waals surface area contributed by atoms with E-state index in [0.717, 1.165) is 11.5 Å². The fourth-order valence-corrected chi connectivity index (χ4v) is 1.33. The third-order valence-electron chi connectivity index (χ3n) is 1.03. The minimum Gasteiger partial charge on any atom is -0.504 e. The number of nitrogens with zero attached hydrogens (tertiary/aromatic N) is 1. The molecule has 10 heavy (non-hydrogen) atoms. The molecule has 2 N–H and O–H groups in total. The largest absolute Gasteiger partial charge is 0.504 e. The molecular formula is C5H5ClN2OS. The van der Waals surface area contributed by atoms with Crippen LogP contribution in [0.15, 0.2) is 0 Å². The summed E-state index contributed by atoms with van der Waals surface area (Å²) in [5.41, 5.74) is 0.519. The summed E-state index contributed by atoms with van der Waals surface area (Å²) >= 11 is 6.34. The van der Waals surface area contributed by atoms with Crippen LogP contribution in [0.4, 0.5) is 0 Å². The van der Waals surface area contributed by atoms with Crippen molar-refractivity contribution < 1.29 is 5.11 Å². The summed E-state index contributed by atoms with van der Waals surface area (Å²) < 4.78 is 3.80. The normalized spacial score (nSPS) is 9.80. The molecule has 0 saturated heterocycles. The average molecular weight is 177 g/mol. The van der Waals surface area contributed by atoms with Crippen LogP contribution in [0, 0.1) is 12.3 Å². The predicted molar refractivity (Wildman–Crippen MR) is 41.2 cm³/mol. The molecule has 1 aromatic heterocycles. The Hall–Kier alpha value is -0.610. The lowest BCUT2D eigenvalue weighted by molar-refractivity contribution is 0.471. The van der Waals surface area contributed by atoms with Gasteiger partial charge in [0.1, 0.15) is 10.0 Å². The molecule has 0 amide bonds. The highest BCUT2D eigenvalue weighted by Gasteiger charge is 2.10. The van der Waals surface area contributed by atoms with E-state index in [9.17, 15) is 0 Å². The molecule has 0 radical (unpaired) electrons. The van der Waals surface area contributed by atoms with Crippen molar-refractivity contribution in [2.45, 2.75) is 6.92 Å². The number of rotatable bonds is 1. The Balaban J connectivity index is 3.17. The molecule has 0 aliphatic heterocycles. The molecule has 5 heteroatoms. The van der Waals surface area contributed by atoms with E-state index >= 15 is 0 Å². The van der Waals surface area contributed by atoms with E-state index in [0.29, 0.717) is 10.6 Å². The van der Waals surface area contributed by atoms with Crippen molar-refractivity contribution in [3.63, 3.8) is 0 Å². The van der Waals surface area contributed by atoms with E-state index in [4.69, 9.17) is 22.1 Å². The number of aromatic nitrogens is 1. The number of halogens is 1. The smallest absolute Gasteiger partial charge is 0.159 e. The monoisotopic (exact) mass is 176 g/mol. The Morgan fingerprint density at radius 3 is 2.60 bits per heavy atom. The van der Waals surface area contributed by atoms with Gasteiger partial charge in [-0.1, -0.05) is 11.6 Å². The van der Waals surface area contributed by atoms with E-state index in [1.54, 1.807) is 6.92 Å². The van der Waals surface area contributed by atoms with Gasteiger partial charge in [0.25, 0.3) is 0 Å². The second-order valence-corrected chi connectivity index (χ2v) is 2.91. The van der Waals surface area contributed by atoms with Crippen LogP contribution >= 0.6 is 23.1 Å². The standard InChI is InChI=1S/C5H5ClN2OS/c1-2-3(9)4(5(6)7)10-8-2/h7,9H,1H3. The molecule has 0 spiro atoms. The first-order valence-corrected chi connectivity index (χ1v) is 3.67. The second kappa shape index (κ2) is 2.56. The number of aromatic hydroxyl groups is 1. The first-order chi connectivity index (χ1) is 4.63. The fourth-order valence-electron chi connectivity index (χ4n) is 0.509. The zero-order chi connectivity index (χ0) is 7.72. The lowest BCUT2D eigenvalue weighted by atomic mass is 10.4. The van der Waals surface area contributed by atoms with Gasteiger partial charge in [-0.15, -0.1) is 0 Å². The fraction of sp³-hybridized carbons (Fsp3) is 0.200. The molecule has 0 saturated carbocycles. The number of hydrogen-bond acceptors (Lipinski definition) is 4. The summed E-state index contributed by atoms with van der Waals surface area (Å²) in [5.74, 6) is 0.0185. The van der Waals surface area contributed by atoms with Crippen molar-refractivity contribution in [2.75, 3.05) is 0 Å². The van der Waals surface area contributed by atoms with E-state index in [-0.39, 0.29) is 10.9 Å². The van der Waals surface area contributed by atoms with Gasteiger partial charge in [-0.25, -0.2) is 0 Å². The summed E-state index contributed by atoms with van der Waals surface area (Å²) in [7, 11) is 0. The number of nitrogens with one attached hydrogen (secondary N) is 1. The van der Waals surface area contributed by atoms with Crippen LogP contribution in [-0.2, 0) is 0 Å². The van der Waals surface area contributed by atoms with Crippen LogP contribution in [0.3, 0.4) is 0 Å². The topological polar surface area (TPSA) is 57.0 Å². The lowest BCUT2D eigenvalue weighted by Gasteiger charge is -1.88. The molecule has 0 aliphatic rings. The van der Waals surface area contributed by atoms with Crippen LogP contribution in [0.2, 0.25) is 0 Å². The van der Waals surface area contributed by atoms with Crippen molar-refractivity contribution in [1.29, 1.82) is 5.41 Å². The maximum absolute atomic E-state index is 9.13. The molecule has 0 bridgehead atoms. The van der Waals surface area contributed by atoms with Gasteiger partial charge in [0.15, 0.2) is 5.75 Å². The Labute approximate surface area is 66.9 Å². The van der Waals surface area contributed by atoms with Gasteiger partial charge < -0.3 is 5.11 Å². The Kier molecular flexibility index (Phi) is 1.92. The lowest BCUT2D eigenvalue weighted by Crippen LogP contribution is -1.82. The van der Waals surface area contributed by atoms with Crippen LogP contribution in [0.25, 0.3) is 0 Å². The van der Waals surface area contributed by atoms with Gasteiger partial charge in [-0.2, -0.15) is 4.37 Å². The van der Waals surface area contributed by atoms with E-state index in [1.165, 1.54) is 0 Å². The first-order valence-electron chi connectivity index (χ1n) is 2.52. The van der Waals surface area contributed by atoms with Gasteiger partial charge in [0.05, 0.1) is 5.69 Å². The number of aryl methyl sites for hydroxylation is 1. The van der Waals surface area contributed by atoms with Gasteiger partial charge in [-0.05, 0) is 18.5 Å². The first kappa shape index (κ1) is 7.50. The van der Waals surface area contributed by atoms with Gasteiger partial charge in [0.2, 0.25) is 0 Å². The van der Waals surface area contributed by atoms with Crippen molar-refractivity contribution in [3.05, 3.63) is 10.6 Å². The molecular weight excluding hydrogens is 172 g/mol. The summed E-state index contributed by atoms with van der Waals surface area (Å²) in [6.07, 6.45) is 0. The van der Waals surface area contributed by atoms with E-state index in [1.807, 2.05) is 0 Å². The third-order valence-corrected chi connectivity index (χ3v) is 2.28. The van der Waals surface area contributed by atoms with Crippen molar-refractivity contribution in [2.24, 2.45) is 0 Å². The Morgan fingerprint density at radius 1 is 1.80 bits per heavy atom. The SMILES string of the molecule is Cc1nsc(C(=N)Cl)c1O. The number of hydrogen-bond donors (Lipinski definition) is 2. The zero-order valence-corrected chi connectivity index (χ0v) is 6.75. The van der Waals surface area contributed by atoms with Crippen molar-refractivity contribution >= 4 is 28.3 Å². The molecule has 1 aromatic rings. The van der Waals surface area contributed by atoms with Gasteiger partial charge >= 0.3 is 0 Å². The molecule has 1 rings (SSSR count). The highest BCUT2D eigenvalue weighted by atomic mass is 35.5. The van der Waals surface area contributed by atoms with Crippen LogP contribution in [-0.4, -0.2) is 14.7 Å². The minimum atomic E-state index is -0.164. The summed E-state index contributed by atoms with van der Waals surface area (Å²) in [6.45, 7) is 1.66. The van der Waals surface area contributed by atoms with Crippen LogP contribution < -0.4 is 0 Å². The second-order valence-electron chi connectivity index (χ2n) is 1.76. The summed E-state index contributed by atoms with van der Waals surface area (Å²) in [4.78, 5) is 0.333.